The van der Waals surface area contributed by atoms with E-state index >= 15 is 0 Å². The summed E-state index contributed by atoms with van der Waals surface area (Å²) in [5, 5.41) is 0. The largest absolute Gasteiger partial charge is 0.467 e. The Kier molecular flexibility index (Phi) is 6.39. The number of benzene rings is 1. The van der Waals surface area contributed by atoms with Crippen LogP contribution in [0, 0.1) is 5.92 Å². The Morgan fingerprint density at radius 2 is 1.35 bits per heavy atom. The maximum atomic E-state index is 13.3. The van der Waals surface area contributed by atoms with Crippen LogP contribution in [0.25, 0.3) is 0 Å². The molecule has 0 bridgehead atoms. The molecule has 0 spiro atoms. The quantitative estimate of drug-likeness (QED) is 0.676. The molecule has 7 nitrogen and oxygen atoms in total. The summed E-state index contributed by atoms with van der Waals surface area (Å²) in [4.78, 5) is 54.5. The maximum Gasteiger partial charge on any atom is 0.328 e. The number of ketones is 1. The van der Waals surface area contributed by atoms with Crippen molar-refractivity contribution < 1.29 is 23.9 Å². The maximum absolute atomic E-state index is 13.3. The predicted octanol–water partition coefficient (Wildman–Crippen LogP) is 2.83. The van der Waals surface area contributed by atoms with Crippen LogP contribution in [0.4, 0.5) is 0 Å². The van der Waals surface area contributed by atoms with Crippen molar-refractivity contribution in [3.05, 3.63) is 35.4 Å². The fourth-order valence-electron chi connectivity index (χ4n) is 5.30. The third-order valence-corrected chi connectivity index (χ3v) is 6.94. The average Bonchev–Trinajstić information content (AvgIpc) is 3.57. The highest BCUT2D eigenvalue weighted by Gasteiger charge is 2.39. The summed E-state index contributed by atoms with van der Waals surface area (Å²) in [6, 6.07) is 5.70. The molecule has 0 aromatic heterocycles. The summed E-state index contributed by atoms with van der Waals surface area (Å²) in [6.45, 7) is 1.05. The molecule has 166 valence electrons. The third kappa shape index (κ3) is 4.23. The van der Waals surface area contributed by atoms with Crippen molar-refractivity contribution in [3.63, 3.8) is 0 Å². The highest BCUT2D eigenvalue weighted by molar-refractivity contribution is 6.02. The van der Waals surface area contributed by atoms with Gasteiger partial charge in [0.05, 0.1) is 13.2 Å². The van der Waals surface area contributed by atoms with E-state index in [1.165, 1.54) is 12.0 Å². The number of hydrogen-bond donors (Lipinski definition) is 0. The Bertz CT molecular complexity index is 876. The first-order valence-electron chi connectivity index (χ1n) is 11.3. The van der Waals surface area contributed by atoms with Crippen molar-refractivity contribution in [3.8, 4) is 0 Å². The summed E-state index contributed by atoms with van der Waals surface area (Å²) in [6.07, 6.45) is 6.89. The molecule has 2 atom stereocenters. The number of likely N-dealkylation sites (tertiary alicyclic amines) is 2. The summed E-state index contributed by atoms with van der Waals surface area (Å²) in [5.74, 6) is -0.606. The standard InChI is InChI=1S/C24H30N2O5/c1-31-24(30)20-12-6-14-26(20)23(29)18-10-4-9-17(15-18)22(28)25-13-5-11-19(25)21(27)16-7-2-3-8-16/h4,9-10,15-16,19-20H,2-3,5-8,11-14H2,1H3/t19-,20+/m0/s1. The van der Waals surface area contributed by atoms with Crippen LogP contribution in [-0.2, 0) is 14.3 Å². The fraction of sp³-hybridized carbons (Fsp3) is 0.583. The van der Waals surface area contributed by atoms with E-state index in [2.05, 4.69) is 0 Å². The second-order valence-electron chi connectivity index (χ2n) is 8.80. The summed E-state index contributed by atoms with van der Waals surface area (Å²) in [7, 11) is 1.32. The number of esters is 1. The van der Waals surface area contributed by atoms with E-state index in [4.69, 9.17) is 4.74 Å². The Hall–Kier alpha value is -2.70. The molecule has 1 saturated carbocycles. The number of rotatable bonds is 5. The Morgan fingerprint density at radius 3 is 1.94 bits per heavy atom. The van der Waals surface area contributed by atoms with E-state index in [-0.39, 0.29) is 29.6 Å². The number of amides is 2. The first-order valence-corrected chi connectivity index (χ1v) is 11.3. The van der Waals surface area contributed by atoms with Gasteiger partial charge in [0.25, 0.3) is 11.8 Å². The first-order chi connectivity index (χ1) is 15.0. The number of carbonyl (C=O) groups is 4. The number of methoxy groups -OCH3 is 1. The van der Waals surface area contributed by atoms with E-state index in [9.17, 15) is 19.2 Å². The van der Waals surface area contributed by atoms with Crippen molar-refractivity contribution in [2.45, 2.75) is 63.5 Å². The zero-order valence-corrected chi connectivity index (χ0v) is 18.0. The zero-order valence-electron chi connectivity index (χ0n) is 18.0. The molecule has 2 saturated heterocycles. The van der Waals surface area contributed by atoms with Gasteiger partial charge >= 0.3 is 5.97 Å². The lowest BCUT2D eigenvalue weighted by molar-refractivity contribution is -0.145. The van der Waals surface area contributed by atoms with Gasteiger partial charge in [0.15, 0.2) is 5.78 Å². The van der Waals surface area contributed by atoms with Gasteiger partial charge in [-0.3, -0.25) is 14.4 Å². The molecule has 7 heteroatoms. The second-order valence-corrected chi connectivity index (χ2v) is 8.80. The first kappa shape index (κ1) is 21.5. The molecule has 2 amide bonds. The number of nitrogens with zero attached hydrogens (tertiary/aromatic N) is 2. The topological polar surface area (TPSA) is 84.0 Å². The Labute approximate surface area is 182 Å². The van der Waals surface area contributed by atoms with Crippen LogP contribution in [0.5, 0.6) is 0 Å². The van der Waals surface area contributed by atoms with Crippen LogP contribution in [0.1, 0.15) is 72.1 Å². The van der Waals surface area contributed by atoms with Gasteiger partial charge in [0, 0.05) is 30.1 Å². The molecule has 1 aliphatic carbocycles. The van der Waals surface area contributed by atoms with Crippen molar-refractivity contribution in [1.82, 2.24) is 9.80 Å². The average molecular weight is 427 g/mol. The van der Waals surface area contributed by atoms with E-state index in [1.807, 2.05) is 0 Å². The molecule has 4 rings (SSSR count). The fourth-order valence-corrected chi connectivity index (χ4v) is 5.30. The van der Waals surface area contributed by atoms with Crippen molar-refractivity contribution >= 4 is 23.6 Å². The molecular formula is C24H30N2O5. The number of Topliss-reactive ketones (excluding diaryl/α,β-unsaturated/α-hetero) is 1. The molecule has 1 aromatic rings. The molecular weight excluding hydrogens is 396 g/mol. The van der Waals surface area contributed by atoms with E-state index in [0.717, 1.165) is 38.5 Å². The number of ether oxygens (including phenoxy) is 1. The minimum atomic E-state index is -0.580. The minimum absolute atomic E-state index is 0.0803. The van der Waals surface area contributed by atoms with E-state index < -0.39 is 12.0 Å². The lowest BCUT2D eigenvalue weighted by atomic mass is 9.95. The second kappa shape index (κ2) is 9.20. The van der Waals surface area contributed by atoms with Crippen LogP contribution in [0.15, 0.2) is 24.3 Å². The normalized spacial score (nSPS) is 23.9. The molecule has 3 fully saturated rings. The van der Waals surface area contributed by atoms with Gasteiger partial charge in [-0.1, -0.05) is 18.9 Å². The molecule has 3 aliphatic rings. The van der Waals surface area contributed by atoms with Crippen LogP contribution in [0.3, 0.4) is 0 Å². The lowest BCUT2D eigenvalue weighted by Crippen LogP contribution is -2.43. The van der Waals surface area contributed by atoms with E-state index in [1.54, 1.807) is 29.2 Å². The molecule has 1 aromatic carbocycles. The molecule has 0 radical (unpaired) electrons. The van der Waals surface area contributed by atoms with E-state index in [0.29, 0.717) is 37.1 Å². The molecule has 2 aliphatic heterocycles. The van der Waals surface area contributed by atoms with Crippen LogP contribution >= 0.6 is 0 Å². The lowest BCUT2D eigenvalue weighted by Gasteiger charge is -2.26. The zero-order chi connectivity index (χ0) is 22.0. The van der Waals surface area contributed by atoms with Crippen molar-refractivity contribution in [2.75, 3.05) is 20.2 Å². The van der Waals surface area contributed by atoms with Crippen molar-refractivity contribution in [2.24, 2.45) is 5.92 Å². The Balaban J connectivity index is 1.51. The summed E-state index contributed by atoms with van der Waals surface area (Å²) in [5.41, 5.74) is 0.783. The molecule has 2 heterocycles. The van der Waals surface area contributed by atoms with Crippen molar-refractivity contribution in [1.29, 1.82) is 0 Å². The predicted molar refractivity (Wildman–Crippen MR) is 114 cm³/mol. The SMILES string of the molecule is COC(=O)[C@H]1CCCN1C(=O)c1cccc(C(=O)N2CCC[C@H]2C(=O)C2CCCC2)c1. The van der Waals surface area contributed by atoms with Gasteiger partial charge in [0.1, 0.15) is 6.04 Å². The summed E-state index contributed by atoms with van der Waals surface area (Å²) >= 11 is 0. The van der Waals surface area contributed by atoms with Gasteiger partial charge in [-0.2, -0.15) is 0 Å². The highest BCUT2D eigenvalue weighted by Crippen LogP contribution is 2.31. The van der Waals surface area contributed by atoms with Gasteiger partial charge in [0.2, 0.25) is 0 Å². The Morgan fingerprint density at radius 1 is 0.806 bits per heavy atom. The number of carbonyl (C=O) groups excluding carboxylic acids is 4. The highest BCUT2D eigenvalue weighted by atomic mass is 16.5. The smallest absolute Gasteiger partial charge is 0.328 e. The minimum Gasteiger partial charge on any atom is -0.467 e. The monoisotopic (exact) mass is 426 g/mol. The van der Waals surface area contributed by atoms with Gasteiger partial charge in [-0.25, -0.2) is 4.79 Å². The van der Waals surface area contributed by atoms with Gasteiger partial charge in [-0.05, 0) is 56.7 Å². The molecule has 31 heavy (non-hydrogen) atoms. The molecule has 0 unspecified atom stereocenters. The third-order valence-electron chi connectivity index (χ3n) is 6.94. The van der Waals surface area contributed by atoms with Crippen LogP contribution in [-0.4, -0.2) is 65.6 Å². The number of hydrogen-bond acceptors (Lipinski definition) is 5. The van der Waals surface area contributed by atoms with Gasteiger partial charge < -0.3 is 14.5 Å². The summed E-state index contributed by atoms with van der Waals surface area (Å²) < 4.78 is 4.83. The van der Waals surface area contributed by atoms with Crippen LogP contribution < -0.4 is 0 Å². The van der Waals surface area contributed by atoms with Gasteiger partial charge in [-0.15, -0.1) is 0 Å². The molecule has 0 N–H and O–H groups in total. The van der Waals surface area contributed by atoms with Crippen LogP contribution in [0.2, 0.25) is 0 Å².